The average molecular weight is 719 g/mol. The van der Waals surface area contributed by atoms with E-state index in [9.17, 15) is 31.3 Å². The highest BCUT2D eigenvalue weighted by Gasteiger charge is 2.47. The number of fused-ring (bicyclic) bond motifs is 1. The number of nitrogens with one attached hydrogen (secondary N) is 2. The van der Waals surface area contributed by atoms with Crippen LogP contribution in [-0.2, 0) is 27.6 Å². The highest BCUT2D eigenvalue weighted by Crippen LogP contribution is 2.48. The lowest BCUT2D eigenvalue weighted by Gasteiger charge is -2.41. The first-order chi connectivity index (χ1) is 22.2. The maximum Gasteiger partial charge on any atom is 0.389 e. The molecule has 3 aliphatic carbocycles. The fourth-order valence-corrected chi connectivity index (χ4v) is 8.43. The second kappa shape index (κ2) is 14.1. The maximum atomic E-state index is 13.4. The summed E-state index contributed by atoms with van der Waals surface area (Å²) >= 11 is -1.51. The summed E-state index contributed by atoms with van der Waals surface area (Å²) in [5.41, 5.74) is 2.30. The van der Waals surface area contributed by atoms with Crippen LogP contribution in [0.2, 0.25) is 25.7 Å². The molecule has 7 nitrogen and oxygen atoms in total. The molecule has 270 valence electrons. The van der Waals surface area contributed by atoms with Crippen molar-refractivity contribution in [1.82, 2.24) is 19.6 Å². The van der Waals surface area contributed by atoms with Crippen molar-refractivity contribution >= 4 is 36.4 Å². The maximum absolute atomic E-state index is 13.4. The monoisotopic (exact) mass is 718 g/mol. The van der Waals surface area contributed by atoms with E-state index in [1.807, 2.05) is 43.5 Å². The van der Waals surface area contributed by atoms with E-state index < -0.39 is 54.7 Å². The molecule has 5 rings (SSSR count). The molecule has 2 aromatic rings. The van der Waals surface area contributed by atoms with Crippen LogP contribution in [0.25, 0.3) is 11.0 Å². The smallest absolute Gasteiger partial charge is 0.389 e. The molecule has 1 amide bonds. The summed E-state index contributed by atoms with van der Waals surface area (Å²) in [5.74, 6) is -3.10. The summed E-state index contributed by atoms with van der Waals surface area (Å²) in [6, 6.07) is 5.89. The summed E-state index contributed by atoms with van der Waals surface area (Å²) in [6.07, 6.45) is -2.95. The third kappa shape index (κ3) is 9.94. The summed E-state index contributed by atoms with van der Waals surface area (Å²) in [6.45, 7) is 13.0. The molecule has 1 aromatic heterocycles. The lowest BCUT2D eigenvalue weighted by molar-refractivity contribution is -0.154. The number of alkyl halides is 5. The molecule has 0 radical (unpaired) electrons. The van der Waals surface area contributed by atoms with E-state index in [2.05, 4.69) is 29.7 Å². The van der Waals surface area contributed by atoms with Crippen molar-refractivity contribution in [3.05, 3.63) is 29.6 Å². The van der Waals surface area contributed by atoms with Crippen LogP contribution in [0.5, 0.6) is 0 Å². The van der Waals surface area contributed by atoms with Gasteiger partial charge in [-0.3, -0.25) is 4.79 Å². The number of carbonyl (C=O) groups is 1. The van der Waals surface area contributed by atoms with E-state index in [1.165, 1.54) is 0 Å². The topological polar surface area (TPSA) is 91.2 Å². The molecule has 1 heterocycles. The predicted octanol–water partition coefficient (Wildman–Crippen LogP) is 8.42. The van der Waals surface area contributed by atoms with Crippen LogP contribution in [-0.4, -0.2) is 51.5 Å². The summed E-state index contributed by atoms with van der Waals surface area (Å²) < 4.78 is 90.7. The molecule has 0 saturated heterocycles. The van der Waals surface area contributed by atoms with Crippen molar-refractivity contribution in [2.45, 2.75) is 133 Å². The lowest BCUT2D eigenvalue weighted by atomic mass is 9.69. The number of imidazole rings is 1. The molecule has 0 aliphatic heterocycles. The Balaban J connectivity index is 1.45. The Morgan fingerprint density at radius 3 is 2.33 bits per heavy atom. The van der Waals surface area contributed by atoms with Crippen molar-refractivity contribution in [3.8, 4) is 0 Å². The number of halogens is 5. The van der Waals surface area contributed by atoms with E-state index in [-0.39, 0.29) is 55.7 Å². The van der Waals surface area contributed by atoms with Crippen LogP contribution in [0.3, 0.4) is 0 Å². The van der Waals surface area contributed by atoms with Gasteiger partial charge in [-0.2, -0.15) is 13.2 Å². The number of hydrogen-bond acceptors (Lipinski definition) is 5. The minimum atomic E-state index is -4.24. The average Bonchev–Trinajstić information content (AvgIpc) is 3.68. The standard InChI is InChI=1S/C34H51F5N4O3SSi/c1-32(2,3)47(45)42-30(25-13-21(14-25)19-34(37,38)39)31-40-26-10-9-24(16-27(26)43(31)20-46-11-12-48(4,5)6)29(23-7-8-23)41-28(44)15-22-17-33(35,36)18-22/h9-10,16,21-23,25,29-30,42H,7-8,11-15,17-20H2,1-6H3,(H,41,44)/t21?,25?,29-,30+,47?/m1/s1. The molecule has 3 atom stereocenters. The molecule has 3 fully saturated rings. The van der Waals surface area contributed by atoms with Gasteiger partial charge in [0.2, 0.25) is 11.8 Å². The molecule has 48 heavy (non-hydrogen) atoms. The van der Waals surface area contributed by atoms with Gasteiger partial charge in [0.15, 0.2) is 0 Å². The van der Waals surface area contributed by atoms with Crippen molar-refractivity contribution in [2.75, 3.05) is 6.61 Å². The van der Waals surface area contributed by atoms with Crippen molar-refractivity contribution < 1.29 is 36.0 Å². The number of nitrogens with zero attached hydrogens (tertiary/aromatic N) is 2. The third-order valence-electron chi connectivity index (χ3n) is 9.77. The lowest BCUT2D eigenvalue weighted by Crippen LogP contribution is -2.47. The Labute approximate surface area is 284 Å². The van der Waals surface area contributed by atoms with Crippen LogP contribution in [0.15, 0.2) is 18.2 Å². The highest BCUT2D eigenvalue weighted by molar-refractivity contribution is 7.90. The van der Waals surface area contributed by atoms with Crippen LogP contribution >= 0.6 is 0 Å². The van der Waals surface area contributed by atoms with Gasteiger partial charge < -0.3 is 19.2 Å². The molecule has 1 unspecified atom stereocenters. The van der Waals surface area contributed by atoms with E-state index in [0.717, 1.165) is 30.0 Å². The van der Waals surface area contributed by atoms with E-state index in [1.54, 1.807) is 0 Å². The zero-order chi connectivity index (χ0) is 35.2. The quantitative estimate of drug-likeness (QED) is 0.0836. The molecular weight excluding hydrogens is 668 g/mol. The Morgan fingerprint density at radius 1 is 1.10 bits per heavy atom. The van der Waals surface area contributed by atoms with Crippen molar-refractivity contribution in [2.24, 2.45) is 23.7 Å². The minimum absolute atomic E-state index is 0.0725. The number of aromatic nitrogens is 2. The Bertz CT molecular complexity index is 1420. The predicted molar refractivity (Wildman–Crippen MR) is 180 cm³/mol. The van der Waals surface area contributed by atoms with Gasteiger partial charge in [0.1, 0.15) is 23.3 Å². The second-order valence-electron chi connectivity index (χ2n) is 16.6. The molecule has 0 bridgehead atoms. The zero-order valence-corrected chi connectivity index (χ0v) is 30.7. The number of carbonyl (C=O) groups excluding carboxylic acids is 1. The summed E-state index contributed by atoms with van der Waals surface area (Å²) in [4.78, 5) is 18.0. The summed E-state index contributed by atoms with van der Waals surface area (Å²) in [7, 11) is -1.39. The zero-order valence-electron chi connectivity index (χ0n) is 28.9. The van der Waals surface area contributed by atoms with Gasteiger partial charge >= 0.3 is 6.18 Å². The van der Waals surface area contributed by atoms with E-state index >= 15 is 0 Å². The van der Waals surface area contributed by atoms with Gasteiger partial charge in [-0.15, -0.1) is 4.72 Å². The van der Waals surface area contributed by atoms with Gasteiger partial charge in [-0.1, -0.05) is 25.7 Å². The fraction of sp³-hybridized carbons (Fsp3) is 0.765. The van der Waals surface area contributed by atoms with Gasteiger partial charge in [-0.25, -0.2) is 13.8 Å². The van der Waals surface area contributed by atoms with Crippen LogP contribution in [0.1, 0.15) is 95.6 Å². The first-order valence-corrected chi connectivity index (χ1v) is 22.0. The van der Waals surface area contributed by atoms with Gasteiger partial charge in [0, 0.05) is 51.7 Å². The highest BCUT2D eigenvalue weighted by atomic mass is 32.2. The third-order valence-corrected chi connectivity index (χ3v) is 13.1. The molecule has 1 aromatic carbocycles. The number of ether oxygens (including phenoxy) is 1. The number of rotatable bonds is 15. The molecule has 2 N–H and O–H groups in total. The number of benzene rings is 1. The molecule has 3 aliphatic rings. The number of hydrogen-bond donors (Lipinski definition) is 2. The SMILES string of the molecule is CC(C)(C)[S+]([O-])N[C@H](c1nc2ccc([C@H](NC(=O)CC3CC(F)(F)C3)C3CC3)cc2n1COCC[Si](C)(C)C)C1CC(CC(F)(F)F)C1. The van der Waals surface area contributed by atoms with Crippen molar-refractivity contribution in [3.63, 3.8) is 0 Å². The van der Waals surface area contributed by atoms with Gasteiger partial charge in [0.05, 0.1) is 17.1 Å². The Hall–Kier alpha value is -1.74. The second-order valence-corrected chi connectivity index (χ2v) is 24.2. The van der Waals surface area contributed by atoms with Crippen molar-refractivity contribution in [1.29, 1.82) is 0 Å². The van der Waals surface area contributed by atoms with Crippen LogP contribution in [0.4, 0.5) is 22.0 Å². The normalized spacial score (nSPS) is 23.8. The fourth-order valence-electron chi connectivity index (χ4n) is 6.79. The Morgan fingerprint density at radius 2 is 1.77 bits per heavy atom. The molecule has 14 heteroatoms. The van der Waals surface area contributed by atoms with E-state index in [4.69, 9.17) is 9.72 Å². The number of amides is 1. The van der Waals surface area contributed by atoms with Gasteiger partial charge in [0.25, 0.3) is 0 Å². The molecule has 0 spiro atoms. The molecular formula is C34H51F5N4O3SSi. The first-order valence-electron chi connectivity index (χ1n) is 17.2. The minimum Gasteiger partial charge on any atom is -0.598 e. The summed E-state index contributed by atoms with van der Waals surface area (Å²) in [5, 5.41) is 3.12. The van der Waals surface area contributed by atoms with E-state index in [0.29, 0.717) is 30.8 Å². The Kier molecular flexibility index (Phi) is 11.0. The van der Waals surface area contributed by atoms with Crippen LogP contribution < -0.4 is 10.0 Å². The first kappa shape index (κ1) is 37.5. The van der Waals surface area contributed by atoms with Gasteiger partial charge in [-0.05, 0) is 93.9 Å². The largest absolute Gasteiger partial charge is 0.598 e. The van der Waals surface area contributed by atoms with Crippen LogP contribution in [0, 0.1) is 23.7 Å². The molecule has 3 saturated carbocycles.